The third kappa shape index (κ3) is 6.43. The number of benzene rings is 1. The van der Waals surface area contributed by atoms with Crippen LogP contribution in [0.5, 0.6) is 0 Å². The van der Waals surface area contributed by atoms with E-state index < -0.39 is 11.5 Å². The lowest BCUT2D eigenvalue weighted by Crippen LogP contribution is -2.42. The van der Waals surface area contributed by atoms with Crippen molar-refractivity contribution in [1.29, 1.82) is 0 Å². The van der Waals surface area contributed by atoms with Gasteiger partial charge < -0.3 is 10.0 Å². The lowest BCUT2D eigenvalue weighted by atomic mass is 9.98. The molecule has 0 radical (unpaired) electrons. The van der Waals surface area contributed by atoms with Crippen LogP contribution in [-0.2, 0) is 17.3 Å². The average molecular weight is 348 g/mol. The van der Waals surface area contributed by atoms with Crippen molar-refractivity contribution in [1.82, 2.24) is 4.90 Å². The predicted octanol–water partition coefficient (Wildman–Crippen LogP) is 3.92. The van der Waals surface area contributed by atoms with Crippen molar-refractivity contribution in [2.24, 2.45) is 0 Å². The van der Waals surface area contributed by atoms with Gasteiger partial charge in [-0.15, -0.1) is 11.6 Å². The fourth-order valence-electron chi connectivity index (χ4n) is 2.50. The predicted molar refractivity (Wildman–Crippen MR) is 87.7 cm³/mol. The normalized spacial score (nSPS) is 13.7. The van der Waals surface area contributed by atoms with Crippen molar-refractivity contribution in [3.63, 3.8) is 0 Å². The maximum Gasteiger partial charge on any atom is 0.270 e. The van der Waals surface area contributed by atoms with Crippen molar-refractivity contribution < 1.29 is 18.7 Å². The van der Waals surface area contributed by atoms with Crippen LogP contribution in [0.2, 0.25) is 0 Å². The molecule has 1 aromatic carbocycles. The third-order valence-corrected chi connectivity index (χ3v) is 3.80. The van der Waals surface area contributed by atoms with Crippen molar-refractivity contribution in [3.8, 4) is 0 Å². The fraction of sp³-hybridized carbons (Fsp3) is 0.588. The van der Waals surface area contributed by atoms with Crippen LogP contribution in [0.1, 0.15) is 45.2 Å². The van der Waals surface area contributed by atoms with Crippen molar-refractivity contribution in [3.05, 3.63) is 35.4 Å². The Morgan fingerprint density at radius 3 is 2.17 bits per heavy atom. The summed E-state index contributed by atoms with van der Waals surface area (Å²) in [7, 11) is 0. The quantitative estimate of drug-likeness (QED) is 0.759. The molecule has 0 saturated heterocycles. The molecule has 1 unspecified atom stereocenters. The first-order valence-corrected chi connectivity index (χ1v) is 8.02. The molecule has 3 nitrogen and oxygen atoms in total. The summed E-state index contributed by atoms with van der Waals surface area (Å²) in [6, 6.07) is 5.66. The molecular weight excluding hydrogens is 324 g/mol. The Labute approximate surface area is 141 Å². The largest absolute Gasteiger partial charge is 0.390 e. The minimum atomic E-state index is -2.89. The van der Waals surface area contributed by atoms with Crippen molar-refractivity contribution >= 4 is 17.5 Å². The molecule has 0 aromatic heterocycles. The lowest BCUT2D eigenvalue weighted by molar-refractivity contribution is -0.132. The Balaban J connectivity index is 2.91. The summed E-state index contributed by atoms with van der Waals surface area (Å²) in [6.45, 7) is 6.28. The number of hydrogen-bond acceptors (Lipinski definition) is 2. The lowest BCUT2D eigenvalue weighted by Gasteiger charge is -2.32. The van der Waals surface area contributed by atoms with Gasteiger partial charge in [0.1, 0.15) is 5.88 Å². The molecule has 1 aromatic rings. The first-order chi connectivity index (χ1) is 10.4. The second kappa shape index (κ2) is 7.58. The highest BCUT2D eigenvalue weighted by Gasteiger charge is 2.26. The molecule has 0 aliphatic carbocycles. The molecule has 1 atom stereocenters. The Morgan fingerprint density at radius 1 is 1.26 bits per heavy atom. The Kier molecular flexibility index (Phi) is 6.54. The SMILES string of the molecule is CC(CC(C)(C)O)N(Cc1ccc(C(C)(F)F)cc1)C(=O)CCl. The number of aliphatic hydroxyl groups is 1. The topological polar surface area (TPSA) is 40.5 Å². The van der Waals surface area contributed by atoms with E-state index in [1.165, 1.54) is 12.1 Å². The minimum Gasteiger partial charge on any atom is -0.390 e. The number of nitrogens with zero attached hydrogens (tertiary/aromatic N) is 1. The zero-order valence-corrected chi connectivity index (χ0v) is 14.7. The van der Waals surface area contributed by atoms with Gasteiger partial charge in [-0.1, -0.05) is 24.3 Å². The maximum atomic E-state index is 13.2. The zero-order chi connectivity index (χ0) is 17.8. The zero-order valence-electron chi connectivity index (χ0n) is 13.9. The maximum absolute atomic E-state index is 13.2. The molecule has 1 rings (SSSR count). The van der Waals surface area contributed by atoms with Crippen LogP contribution < -0.4 is 0 Å². The number of alkyl halides is 3. The molecule has 0 fully saturated rings. The standard InChI is InChI=1S/C17H24ClF2NO2/c1-12(9-16(2,3)23)21(15(22)10-18)11-13-5-7-14(8-6-13)17(4,19)20/h5-8,12,23H,9-11H2,1-4H3. The summed E-state index contributed by atoms with van der Waals surface area (Å²) in [5.41, 5.74) is -0.252. The number of rotatable bonds is 7. The van der Waals surface area contributed by atoms with Gasteiger partial charge >= 0.3 is 0 Å². The molecule has 0 spiro atoms. The van der Waals surface area contributed by atoms with Gasteiger partial charge in [-0.3, -0.25) is 4.79 Å². The van der Waals surface area contributed by atoms with Crippen LogP contribution in [0.3, 0.4) is 0 Å². The fourth-order valence-corrected chi connectivity index (χ4v) is 2.65. The number of amides is 1. The van der Waals surface area contributed by atoms with E-state index in [9.17, 15) is 18.7 Å². The van der Waals surface area contributed by atoms with E-state index in [1.54, 1.807) is 30.9 Å². The van der Waals surface area contributed by atoms with Gasteiger partial charge in [-0.05, 0) is 32.8 Å². The minimum absolute atomic E-state index is 0.0685. The molecule has 0 aliphatic rings. The van der Waals surface area contributed by atoms with Gasteiger partial charge in [0.15, 0.2) is 0 Å². The molecule has 23 heavy (non-hydrogen) atoms. The molecule has 130 valence electrons. The molecule has 0 saturated carbocycles. The summed E-state index contributed by atoms with van der Waals surface area (Å²) < 4.78 is 26.5. The molecule has 1 amide bonds. The second-order valence-corrected chi connectivity index (χ2v) is 6.87. The summed E-state index contributed by atoms with van der Waals surface area (Å²) in [5, 5.41) is 9.93. The van der Waals surface area contributed by atoms with Crippen LogP contribution in [-0.4, -0.2) is 33.4 Å². The van der Waals surface area contributed by atoms with Gasteiger partial charge in [-0.25, -0.2) is 8.78 Å². The van der Waals surface area contributed by atoms with Crippen molar-refractivity contribution in [2.45, 2.75) is 58.2 Å². The smallest absolute Gasteiger partial charge is 0.270 e. The van der Waals surface area contributed by atoms with E-state index in [0.29, 0.717) is 6.42 Å². The Hall–Kier alpha value is -1.20. The number of hydrogen-bond donors (Lipinski definition) is 1. The van der Waals surface area contributed by atoms with Gasteiger partial charge in [0.25, 0.3) is 5.92 Å². The highest BCUT2D eigenvalue weighted by atomic mass is 35.5. The summed E-state index contributed by atoms with van der Waals surface area (Å²) in [6.07, 6.45) is 0.390. The average Bonchev–Trinajstić information content (AvgIpc) is 2.41. The van der Waals surface area contributed by atoms with E-state index in [-0.39, 0.29) is 29.9 Å². The Bertz CT molecular complexity index is 521. The molecule has 1 N–H and O–H groups in total. The first kappa shape index (κ1) is 19.8. The molecule has 0 bridgehead atoms. The number of carbonyl (C=O) groups is 1. The molecular formula is C17H24ClF2NO2. The number of carbonyl (C=O) groups excluding carboxylic acids is 1. The molecule has 6 heteroatoms. The van der Waals surface area contributed by atoms with Gasteiger partial charge in [-0.2, -0.15) is 0 Å². The summed E-state index contributed by atoms with van der Waals surface area (Å²) in [4.78, 5) is 13.6. The van der Waals surface area contributed by atoms with Gasteiger partial charge in [0.05, 0.1) is 5.60 Å². The van der Waals surface area contributed by atoms with E-state index in [2.05, 4.69) is 0 Å². The third-order valence-electron chi connectivity index (χ3n) is 3.58. The first-order valence-electron chi connectivity index (χ1n) is 7.49. The van der Waals surface area contributed by atoms with Crippen LogP contribution >= 0.6 is 11.6 Å². The van der Waals surface area contributed by atoms with E-state index >= 15 is 0 Å². The van der Waals surface area contributed by atoms with Crippen LogP contribution in [0.25, 0.3) is 0 Å². The van der Waals surface area contributed by atoms with Crippen LogP contribution in [0.4, 0.5) is 8.78 Å². The van der Waals surface area contributed by atoms with Crippen LogP contribution in [0, 0.1) is 0 Å². The van der Waals surface area contributed by atoms with E-state index in [4.69, 9.17) is 11.6 Å². The van der Waals surface area contributed by atoms with E-state index in [1.807, 2.05) is 6.92 Å². The van der Waals surface area contributed by atoms with E-state index in [0.717, 1.165) is 12.5 Å². The number of halogens is 3. The van der Waals surface area contributed by atoms with Gasteiger partial charge in [0.2, 0.25) is 5.91 Å². The summed E-state index contributed by atoms with van der Waals surface area (Å²) >= 11 is 5.66. The van der Waals surface area contributed by atoms with Gasteiger partial charge in [0, 0.05) is 25.1 Å². The summed E-state index contributed by atoms with van der Waals surface area (Å²) in [5.74, 6) is -3.31. The highest BCUT2D eigenvalue weighted by Crippen LogP contribution is 2.27. The monoisotopic (exact) mass is 347 g/mol. The molecule has 0 heterocycles. The second-order valence-electron chi connectivity index (χ2n) is 6.61. The Morgan fingerprint density at radius 2 is 1.78 bits per heavy atom. The highest BCUT2D eigenvalue weighted by molar-refractivity contribution is 6.27. The van der Waals surface area contributed by atoms with Crippen molar-refractivity contribution in [2.75, 3.05) is 5.88 Å². The van der Waals surface area contributed by atoms with Crippen LogP contribution in [0.15, 0.2) is 24.3 Å². The molecule has 0 aliphatic heterocycles.